The normalized spacial score (nSPS) is 12.4. The number of nitriles is 1. The summed E-state index contributed by atoms with van der Waals surface area (Å²) >= 11 is 0. The van der Waals surface area contributed by atoms with E-state index in [9.17, 15) is 5.26 Å². The molecule has 0 bridgehead atoms. The average molecular weight is 830 g/mol. The SMILES string of the molecule is Cc1cc(C)c(-c2ccc3c(c2)c2cc(-c4c(C)cc(C)cc4C)cc4c2n3-c2cc(-c3cccc(C#N)c3)c(-c3ccccc3)c3c2B4n2c4ccccc4c4cccc-3c42)c(C)c1. The van der Waals surface area contributed by atoms with Crippen molar-refractivity contribution in [1.29, 1.82) is 5.26 Å². The lowest BCUT2D eigenvalue weighted by molar-refractivity contribution is 1.17. The van der Waals surface area contributed by atoms with Crippen LogP contribution in [0.1, 0.15) is 38.9 Å². The molecular weight excluding hydrogens is 786 g/mol. The molecule has 11 aromatic rings. The summed E-state index contributed by atoms with van der Waals surface area (Å²) in [4.78, 5) is 0. The number of benzene rings is 9. The second-order valence-electron chi connectivity index (χ2n) is 18.7. The zero-order chi connectivity index (χ0) is 44.0. The quantitative estimate of drug-likeness (QED) is 0.163. The molecule has 4 heterocycles. The Kier molecular flexibility index (Phi) is 7.86. The van der Waals surface area contributed by atoms with Crippen molar-refractivity contribution in [2.45, 2.75) is 41.5 Å². The van der Waals surface area contributed by atoms with Crippen molar-refractivity contribution in [2.24, 2.45) is 0 Å². The lowest BCUT2D eigenvalue weighted by Gasteiger charge is -2.36. The summed E-state index contributed by atoms with van der Waals surface area (Å²) < 4.78 is 5.27. The fourth-order valence-corrected chi connectivity index (χ4v) is 12.5. The number of hydrogen-bond acceptors (Lipinski definition) is 1. The molecule has 2 aliphatic heterocycles. The van der Waals surface area contributed by atoms with Crippen molar-refractivity contribution in [3.8, 4) is 67.4 Å². The van der Waals surface area contributed by atoms with Gasteiger partial charge in [0, 0.05) is 43.8 Å². The van der Waals surface area contributed by atoms with Gasteiger partial charge in [0.25, 0.3) is 0 Å². The molecule has 4 heteroatoms. The third-order valence-corrected chi connectivity index (χ3v) is 14.6. The molecule has 0 spiro atoms. The van der Waals surface area contributed by atoms with E-state index in [1.54, 1.807) is 0 Å². The van der Waals surface area contributed by atoms with E-state index in [-0.39, 0.29) is 6.85 Å². The van der Waals surface area contributed by atoms with Crippen LogP contribution in [0.3, 0.4) is 0 Å². The van der Waals surface area contributed by atoms with E-state index in [1.807, 2.05) is 12.1 Å². The van der Waals surface area contributed by atoms with E-state index in [2.05, 4.69) is 202 Å². The van der Waals surface area contributed by atoms with Gasteiger partial charge >= 0.3 is 6.85 Å². The van der Waals surface area contributed by atoms with Gasteiger partial charge in [-0.3, -0.25) is 0 Å². The summed E-state index contributed by atoms with van der Waals surface area (Å²) in [5.74, 6) is 0. The van der Waals surface area contributed by atoms with Gasteiger partial charge in [-0.15, -0.1) is 0 Å². The summed E-state index contributed by atoms with van der Waals surface area (Å²) in [6.45, 7) is 13.3. The van der Waals surface area contributed by atoms with Crippen LogP contribution >= 0.6 is 0 Å². The maximum atomic E-state index is 10.3. The minimum Gasteiger partial charge on any atom is -0.375 e. The Balaban J connectivity index is 1.27. The van der Waals surface area contributed by atoms with Gasteiger partial charge in [-0.05, 0) is 167 Å². The molecule has 0 radical (unpaired) electrons. The minimum absolute atomic E-state index is 0.134. The smallest absolute Gasteiger partial charge is 0.333 e. The Bertz CT molecular complexity index is 3920. The fraction of sp³-hybridized carbons (Fsp3) is 0.0984. The van der Waals surface area contributed by atoms with Gasteiger partial charge in [0.15, 0.2) is 0 Å². The molecule has 0 unspecified atom stereocenters. The van der Waals surface area contributed by atoms with Crippen molar-refractivity contribution >= 4 is 61.4 Å². The van der Waals surface area contributed by atoms with Crippen LogP contribution in [-0.2, 0) is 0 Å². The topological polar surface area (TPSA) is 33.6 Å². The highest BCUT2D eigenvalue weighted by Crippen LogP contribution is 2.50. The molecule has 65 heavy (non-hydrogen) atoms. The van der Waals surface area contributed by atoms with Gasteiger partial charge in [-0.2, -0.15) is 5.26 Å². The van der Waals surface area contributed by atoms with Crippen molar-refractivity contribution in [1.82, 2.24) is 9.05 Å². The molecule has 0 saturated heterocycles. The number of rotatable bonds is 4. The van der Waals surface area contributed by atoms with Crippen molar-refractivity contribution < 1.29 is 0 Å². The van der Waals surface area contributed by atoms with Crippen molar-refractivity contribution in [3.63, 3.8) is 0 Å². The Morgan fingerprint density at radius 1 is 0.431 bits per heavy atom. The van der Waals surface area contributed by atoms with Crippen LogP contribution < -0.4 is 10.9 Å². The molecule has 306 valence electrons. The summed E-state index contributed by atoms with van der Waals surface area (Å²) in [6.07, 6.45) is 0. The van der Waals surface area contributed by atoms with Crippen LogP contribution in [0.25, 0.3) is 105 Å². The van der Waals surface area contributed by atoms with E-state index < -0.39 is 0 Å². The van der Waals surface area contributed by atoms with Crippen LogP contribution in [0.15, 0.2) is 158 Å². The minimum atomic E-state index is -0.134. The summed E-state index contributed by atoms with van der Waals surface area (Å²) in [5.41, 5.74) is 29.2. The van der Waals surface area contributed by atoms with Crippen LogP contribution in [0.4, 0.5) is 0 Å². The molecule has 3 nitrogen and oxygen atoms in total. The zero-order valence-corrected chi connectivity index (χ0v) is 37.4. The first-order valence-electron chi connectivity index (χ1n) is 22.8. The highest BCUT2D eigenvalue weighted by atomic mass is 15.0. The Morgan fingerprint density at radius 2 is 1.08 bits per heavy atom. The number of para-hydroxylation sites is 2. The Hall–Kier alpha value is -7.87. The van der Waals surface area contributed by atoms with Gasteiger partial charge in [-0.25, -0.2) is 0 Å². The standard InChI is InChI=1S/C61H44BN3/c1-34-24-36(3)55(37(4)25-34)43-22-23-52-49(29-43)50-30-44(56-38(5)26-35(2)27-39(56)6)31-51-61(50)64(52)54-32-48(42-17-12-14-40(28-42)33-63)57(41-15-8-7-9-16-41)58-47-20-13-19-46-45-18-10-11-21-53(45)65(60(46)47)62(51)59(54)58/h7-32H,1-6H3. The van der Waals surface area contributed by atoms with Crippen LogP contribution in [0.5, 0.6) is 0 Å². The molecule has 0 fully saturated rings. The summed E-state index contributed by atoms with van der Waals surface area (Å²) in [7, 11) is 0. The maximum Gasteiger partial charge on any atom is 0.333 e. The van der Waals surface area contributed by atoms with E-state index in [4.69, 9.17) is 0 Å². The van der Waals surface area contributed by atoms with Gasteiger partial charge in [0.1, 0.15) is 0 Å². The highest BCUT2D eigenvalue weighted by molar-refractivity contribution is 6.90. The molecule has 0 atom stereocenters. The van der Waals surface area contributed by atoms with E-state index >= 15 is 0 Å². The molecule has 13 rings (SSSR count). The van der Waals surface area contributed by atoms with Crippen LogP contribution in [0, 0.1) is 52.9 Å². The molecule has 0 N–H and O–H groups in total. The van der Waals surface area contributed by atoms with Crippen molar-refractivity contribution in [3.05, 3.63) is 197 Å². The number of aromatic nitrogens is 2. The van der Waals surface area contributed by atoms with Crippen LogP contribution in [-0.4, -0.2) is 15.9 Å². The second-order valence-corrected chi connectivity index (χ2v) is 18.7. The van der Waals surface area contributed by atoms with Gasteiger partial charge in [-0.1, -0.05) is 126 Å². The maximum absolute atomic E-state index is 10.3. The van der Waals surface area contributed by atoms with Crippen LogP contribution in [0.2, 0.25) is 0 Å². The molecule has 0 saturated carbocycles. The third-order valence-electron chi connectivity index (χ3n) is 14.6. The monoisotopic (exact) mass is 829 g/mol. The number of nitrogens with zero attached hydrogens (tertiary/aromatic N) is 3. The molecule has 0 aliphatic carbocycles. The Labute approximate surface area is 379 Å². The predicted molar refractivity (Wildman–Crippen MR) is 275 cm³/mol. The average Bonchev–Trinajstić information content (AvgIpc) is 3.82. The van der Waals surface area contributed by atoms with E-state index in [1.165, 1.54) is 133 Å². The molecule has 9 aromatic carbocycles. The number of aryl methyl sites for hydroxylation is 6. The number of hydrogen-bond donors (Lipinski definition) is 0. The zero-order valence-electron chi connectivity index (χ0n) is 37.4. The Morgan fingerprint density at radius 3 is 1.82 bits per heavy atom. The van der Waals surface area contributed by atoms with E-state index in [0.29, 0.717) is 5.56 Å². The lowest BCUT2D eigenvalue weighted by Crippen LogP contribution is -2.55. The molecule has 2 aliphatic rings. The van der Waals surface area contributed by atoms with Gasteiger partial charge in [0.2, 0.25) is 0 Å². The second kappa shape index (κ2) is 13.6. The molecule has 2 aromatic heterocycles. The van der Waals surface area contributed by atoms with Gasteiger partial charge in [0.05, 0.1) is 22.7 Å². The lowest BCUT2D eigenvalue weighted by atomic mass is 9.45. The largest absolute Gasteiger partial charge is 0.375 e. The van der Waals surface area contributed by atoms with Gasteiger partial charge < -0.3 is 9.05 Å². The fourth-order valence-electron chi connectivity index (χ4n) is 12.5. The van der Waals surface area contributed by atoms with E-state index in [0.717, 1.165) is 16.7 Å². The van der Waals surface area contributed by atoms with Crippen molar-refractivity contribution in [2.75, 3.05) is 0 Å². The summed E-state index contributed by atoms with van der Waals surface area (Å²) in [6, 6.07) is 61.4. The molecular formula is C61H44BN3. The number of fused-ring (bicyclic) bond motifs is 10. The molecule has 0 amide bonds. The first-order valence-corrected chi connectivity index (χ1v) is 22.8. The predicted octanol–water partition coefficient (Wildman–Crippen LogP) is 14.2. The first-order chi connectivity index (χ1) is 31.7. The third kappa shape index (κ3) is 5.18. The highest BCUT2D eigenvalue weighted by Gasteiger charge is 2.43. The summed E-state index contributed by atoms with van der Waals surface area (Å²) in [5, 5.41) is 15.3. The first kappa shape index (κ1) is 37.7.